The molecule has 1 aliphatic rings. The number of likely N-dealkylation sites (tertiary alicyclic amines) is 1. The summed E-state index contributed by atoms with van der Waals surface area (Å²) in [6.07, 6.45) is 2.15. The van der Waals surface area contributed by atoms with Crippen LogP contribution in [0.15, 0.2) is 71.1 Å². The number of carbonyl (C=O) groups is 2. The Morgan fingerprint density at radius 2 is 1.61 bits per heavy atom. The molecule has 1 aromatic heterocycles. The second-order valence-corrected chi connectivity index (χ2v) is 9.77. The smallest absolute Gasteiger partial charge is 0.253 e. The van der Waals surface area contributed by atoms with E-state index in [9.17, 15) is 9.59 Å². The Hall–Kier alpha value is -3.93. The van der Waals surface area contributed by atoms with Crippen molar-refractivity contribution in [1.82, 2.24) is 15.2 Å². The van der Waals surface area contributed by atoms with Crippen LogP contribution < -0.4 is 5.32 Å². The highest BCUT2D eigenvalue weighted by Crippen LogP contribution is 2.27. The van der Waals surface area contributed by atoms with Crippen molar-refractivity contribution < 1.29 is 14.0 Å². The van der Waals surface area contributed by atoms with Gasteiger partial charge in [0, 0.05) is 37.2 Å². The van der Waals surface area contributed by atoms with Gasteiger partial charge >= 0.3 is 0 Å². The molecule has 0 atom stereocenters. The number of rotatable bonds is 6. The summed E-state index contributed by atoms with van der Waals surface area (Å²) in [7, 11) is 0. The maximum Gasteiger partial charge on any atom is 0.253 e. The zero-order valence-corrected chi connectivity index (χ0v) is 20.8. The van der Waals surface area contributed by atoms with E-state index in [0.29, 0.717) is 49.0 Å². The standard InChI is InChI=1S/C30H31N3O3/c1-20-3-7-23(8-4-20)19-31-28(34)17-22-13-15-33(16-14-22)30(35)25-11-12-26-27(18-25)36-29(32-26)24-9-5-21(2)6-10-24/h3-12,18,22H,13-17,19H2,1-2H3,(H,31,34). The number of hydrogen-bond acceptors (Lipinski definition) is 4. The molecule has 36 heavy (non-hydrogen) atoms. The highest BCUT2D eigenvalue weighted by Gasteiger charge is 2.25. The zero-order valence-electron chi connectivity index (χ0n) is 20.8. The van der Waals surface area contributed by atoms with Gasteiger partial charge in [-0.2, -0.15) is 0 Å². The molecule has 6 heteroatoms. The van der Waals surface area contributed by atoms with E-state index in [1.807, 2.05) is 60.4 Å². The van der Waals surface area contributed by atoms with Gasteiger partial charge in [0.2, 0.25) is 11.8 Å². The van der Waals surface area contributed by atoms with Crippen LogP contribution in [-0.2, 0) is 11.3 Å². The second kappa shape index (κ2) is 10.4. The molecule has 0 unspecified atom stereocenters. The second-order valence-electron chi connectivity index (χ2n) is 9.77. The van der Waals surface area contributed by atoms with E-state index in [-0.39, 0.29) is 11.8 Å². The van der Waals surface area contributed by atoms with Gasteiger partial charge in [0.15, 0.2) is 5.58 Å². The van der Waals surface area contributed by atoms with Crippen LogP contribution >= 0.6 is 0 Å². The van der Waals surface area contributed by atoms with Gasteiger partial charge < -0.3 is 14.6 Å². The maximum absolute atomic E-state index is 13.2. The Morgan fingerprint density at radius 3 is 2.31 bits per heavy atom. The molecule has 0 radical (unpaired) electrons. The first-order valence-electron chi connectivity index (χ1n) is 12.5. The molecule has 184 valence electrons. The summed E-state index contributed by atoms with van der Waals surface area (Å²) in [4.78, 5) is 32.0. The summed E-state index contributed by atoms with van der Waals surface area (Å²) in [6, 6.07) is 21.6. The highest BCUT2D eigenvalue weighted by atomic mass is 16.3. The minimum atomic E-state index is -0.00698. The van der Waals surface area contributed by atoms with Gasteiger partial charge in [-0.05, 0) is 68.5 Å². The van der Waals surface area contributed by atoms with Gasteiger partial charge in [0.05, 0.1) is 0 Å². The number of carbonyl (C=O) groups excluding carboxylic acids is 2. The minimum Gasteiger partial charge on any atom is -0.436 e. The third-order valence-electron chi connectivity index (χ3n) is 6.92. The first-order valence-corrected chi connectivity index (χ1v) is 12.5. The molecule has 5 rings (SSSR count). The number of piperidine rings is 1. The topological polar surface area (TPSA) is 75.4 Å². The molecule has 0 spiro atoms. The van der Waals surface area contributed by atoms with Gasteiger partial charge in [0.25, 0.3) is 5.91 Å². The molecule has 1 N–H and O–H groups in total. The third kappa shape index (κ3) is 5.48. The number of benzene rings is 3. The molecular formula is C30H31N3O3. The Morgan fingerprint density at radius 1 is 0.944 bits per heavy atom. The molecule has 0 saturated carbocycles. The summed E-state index contributed by atoms with van der Waals surface area (Å²) in [5, 5.41) is 3.02. The van der Waals surface area contributed by atoms with E-state index in [1.165, 1.54) is 11.1 Å². The quantitative estimate of drug-likeness (QED) is 0.385. The van der Waals surface area contributed by atoms with Crippen molar-refractivity contribution in [3.05, 3.63) is 89.0 Å². The van der Waals surface area contributed by atoms with Crippen molar-refractivity contribution in [2.24, 2.45) is 5.92 Å². The highest BCUT2D eigenvalue weighted by molar-refractivity contribution is 5.97. The monoisotopic (exact) mass is 481 g/mol. The number of hydrogen-bond donors (Lipinski definition) is 1. The maximum atomic E-state index is 13.2. The molecule has 2 amide bonds. The van der Waals surface area contributed by atoms with E-state index in [4.69, 9.17) is 4.42 Å². The zero-order chi connectivity index (χ0) is 25.1. The summed E-state index contributed by atoms with van der Waals surface area (Å²) in [6.45, 7) is 5.94. The minimum absolute atomic E-state index is 0.00698. The SMILES string of the molecule is Cc1ccc(CNC(=O)CC2CCN(C(=O)c3ccc4nc(-c5ccc(C)cc5)oc4c3)CC2)cc1. The summed E-state index contributed by atoms with van der Waals surface area (Å²) in [5.74, 6) is 0.907. The molecule has 1 fully saturated rings. The van der Waals surface area contributed by atoms with Crippen LogP contribution in [0.1, 0.15) is 46.3 Å². The van der Waals surface area contributed by atoms with Crippen molar-refractivity contribution in [3.63, 3.8) is 0 Å². The molecular weight excluding hydrogens is 450 g/mol. The first kappa shape index (κ1) is 23.8. The largest absolute Gasteiger partial charge is 0.436 e. The van der Waals surface area contributed by atoms with E-state index in [1.54, 1.807) is 6.07 Å². The van der Waals surface area contributed by atoms with Gasteiger partial charge in [-0.1, -0.05) is 47.5 Å². The van der Waals surface area contributed by atoms with Crippen molar-refractivity contribution in [2.45, 2.75) is 39.7 Å². The molecule has 2 heterocycles. The molecule has 1 saturated heterocycles. The predicted molar refractivity (Wildman–Crippen MR) is 140 cm³/mol. The molecule has 4 aromatic rings. The number of amides is 2. The fourth-order valence-corrected chi connectivity index (χ4v) is 4.64. The van der Waals surface area contributed by atoms with Crippen LogP contribution in [0.25, 0.3) is 22.6 Å². The lowest BCUT2D eigenvalue weighted by molar-refractivity contribution is -0.122. The Bertz CT molecular complexity index is 1370. The molecule has 6 nitrogen and oxygen atoms in total. The fourth-order valence-electron chi connectivity index (χ4n) is 4.64. The van der Waals surface area contributed by atoms with Crippen LogP contribution in [0.2, 0.25) is 0 Å². The van der Waals surface area contributed by atoms with Crippen LogP contribution in [-0.4, -0.2) is 34.8 Å². The van der Waals surface area contributed by atoms with Crippen LogP contribution in [0.5, 0.6) is 0 Å². The first-order chi connectivity index (χ1) is 17.4. The molecule has 1 aliphatic heterocycles. The van der Waals surface area contributed by atoms with E-state index < -0.39 is 0 Å². The number of aromatic nitrogens is 1. The van der Waals surface area contributed by atoms with Crippen molar-refractivity contribution >= 4 is 22.9 Å². The lowest BCUT2D eigenvalue weighted by atomic mass is 9.92. The van der Waals surface area contributed by atoms with Crippen molar-refractivity contribution in [2.75, 3.05) is 13.1 Å². The van der Waals surface area contributed by atoms with E-state index in [0.717, 1.165) is 29.5 Å². The Labute approximate surface area is 211 Å². The number of nitrogens with one attached hydrogen (secondary N) is 1. The van der Waals surface area contributed by atoms with Crippen LogP contribution in [0.3, 0.4) is 0 Å². The number of nitrogens with zero attached hydrogens (tertiary/aromatic N) is 2. The van der Waals surface area contributed by atoms with Crippen molar-refractivity contribution in [1.29, 1.82) is 0 Å². The van der Waals surface area contributed by atoms with Gasteiger partial charge in [-0.3, -0.25) is 9.59 Å². The van der Waals surface area contributed by atoms with Crippen LogP contribution in [0.4, 0.5) is 0 Å². The fraction of sp³-hybridized carbons (Fsp3) is 0.300. The van der Waals surface area contributed by atoms with E-state index in [2.05, 4.69) is 29.4 Å². The molecule has 0 bridgehead atoms. The summed E-state index contributed by atoms with van der Waals surface area (Å²) >= 11 is 0. The molecule has 0 aliphatic carbocycles. The van der Waals surface area contributed by atoms with Crippen LogP contribution in [0, 0.1) is 19.8 Å². The van der Waals surface area contributed by atoms with E-state index >= 15 is 0 Å². The molecule has 3 aromatic carbocycles. The average molecular weight is 482 g/mol. The van der Waals surface area contributed by atoms with Gasteiger partial charge in [0.1, 0.15) is 5.52 Å². The Kier molecular flexibility index (Phi) is 6.85. The average Bonchev–Trinajstić information content (AvgIpc) is 3.32. The lowest BCUT2D eigenvalue weighted by Crippen LogP contribution is -2.39. The number of fused-ring (bicyclic) bond motifs is 1. The number of aryl methyl sites for hydroxylation is 2. The normalized spacial score (nSPS) is 14.2. The summed E-state index contributed by atoms with van der Waals surface area (Å²) in [5.41, 5.74) is 6.34. The predicted octanol–water partition coefficient (Wildman–Crippen LogP) is 5.67. The van der Waals surface area contributed by atoms with Gasteiger partial charge in [-0.25, -0.2) is 4.98 Å². The number of oxazole rings is 1. The summed E-state index contributed by atoms with van der Waals surface area (Å²) < 4.78 is 5.97. The van der Waals surface area contributed by atoms with Gasteiger partial charge in [-0.15, -0.1) is 0 Å². The third-order valence-corrected chi connectivity index (χ3v) is 6.92. The Balaban J connectivity index is 1.15. The lowest BCUT2D eigenvalue weighted by Gasteiger charge is -2.31. The van der Waals surface area contributed by atoms with Crippen molar-refractivity contribution in [3.8, 4) is 11.5 Å².